The normalized spacial score (nSPS) is 37.1. The summed E-state index contributed by atoms with van der Waals surface area (Å²) in [6.45, 7) is 2.02. The summed E-state index contributed by atoms with van der Waals surface area (Å²) in [7, 11) is -3.24. The van der Waals surface area contributed by atoms with Gasteiger partial charge in [-0.05, 0) is 93.1 Å². The van der Waals surface area contributed by atoms with E-state index in [4.69, 9.17) is 0 Å². The fourth-order valence-corrected chi connectivity index (χ4v) is 10.7. The van der Waals surface area contributed by atoms with Crippen LogP contribution < -0.4 is 10.2 Å². The van der Waals surface area contributed by atoms with E-state index in [-0.39, 0.29) is 23.3 Å². The van der Waals surface area contributed by atoms with Crippen molar-refractivity contribution in [3.8, 4) is 0 Å². The van der Waals surface area contributed by atoms with Gasteiger partial charge < -0.3 is 10.2 Å². The third-order valence-corrected chi connectivity index (χ3v) is 12.3. The molecule has 1 N–H and O–H groups in total. The van der Waals surface area contributed by atoms with Crippen molar-refractivity contribution in [3.63, 3.8) is 0 Å². The summed E-state index contributed by atoms with van der Waals surface area (Å²) in [5, 5.41) is 3.32. The second-order valence-corrected chi connectivity index (χ2v) is 15.1. The average molecular weight is 540 g/mol. The van der Waals surface area contributed by atoms with Gasteiger partial charge in [-0.1, -0.05) is 6.07 Å². The number of nitrogens with zero attached hydrogens (tertiary/aromatic N) is 2. The molecule has 0 radical (unpaired) electrons. The lowest BCUT2D eigenvalue weighted by molar-refractivity contribution is -0.126. The number of hydrogen-bond donors (Lipinski definition) is 1. The molecule has 3 aliphatic heterocycles. The Kier molecular flexibility index (Phi) is 5.87. The fraction of sp³-hybridized carbons (Fsp3) is 0.690. The molecule has 38 heavy (non-hydrogen) atoms. The van der Waals surface area contributed by atoms with E-state index in [1.54, 1.807) is 12.1 Å². The lowest BCUT2D eigenvalue weighted by atomic mass is 9.52. The molecule has 0 unspecified atom stereocenters. The third-order valence-electron chi connectivity index (χ3n) is 10.6. The molecule has 1 aromatic carbocycles. The van der Waals surface area contributed by atoms with Crippen LogP contribution in [0.15, 0.2) is 18.2 Å². The van der Waals surface area contributed by atoms with Crippen molar-refractivity contribution in [1.29, 1.82) is 0 Å². The fourth-order valence-electron chi connectivity index (χ4n) is 9.00. The molecular weight excluding hydrogens is 502 g/mol. The molecular formula is C29H37N3O5S. The van der Waals surface area contributed by atoms with Crippen LogP contribution in [-0.4, -0.2) is 68.2 Å². The molecule has 2 atom stereocenters. The number of piperidine rings is 1. The maximum absolute atomic E-state index is 13.5. The minimum atomic E-state index is -3.24. The van der Waals surface area contributed by atoms with Gasteiger partial charge in [-0.25, -0.2) is 8.42 Å². The lowest BCUT2D eigenvalue weighted by Crippen LogP contribution is -2.50. The van der Waals surface area contributed by atoms with Gasteiger partial charge in [0, 0.05) is 19.6 Å². The number of fused-ring (bicyclic) bond motifs is 1. The van der Waals surface area contributed by atoms with Crippen LogP contribution in [0.2, 0.25) is 0 Å². The van der Waals surface area contributed by atoms with Gasteiger partial charge in [0.2, 0.25) is 5.91 Å². The maximum atomic E-state index is 13.5. The van der Waals surface area contributed by atoms with Crippen molar-refractivity contribution in [2.45, 2.75) is 57.4 Å². The van der Waals surface area contributed by atoms with Crippen LogP contribution in [0.1, 0.15) is 72.1 Å². The Bertz CT molecular complexity index is 1260. The molecule has 4 aliphatic carbocycles. The van der Waals surface area contributed by atoms with E-state index in [0.29, 0.717) is 35.7 Å². The Balaban J connectivity index is 1.04. The second kappa shape index (κ2) is 9.07. The number of amides is 3. The number of nitrogens with one attached hydrogen (secondary N) is 1. The predicted octanol–water partition coefficient (Wildman–Crippen LogP) is 2.87. The lowest BCUT2D eigenvalue weighted by Gasteiger charge is -2.54. The topological polar surface area (TPSA) is 104 Å². The molecule has 1 aromatic rings. The zero-order chi connectivity index (χ0) is 26.2. The number of anilines is 1. The third kappa shape index (κ3) is 4.07. The van der Waals surface area contributed by atoms with Gasteiger partial charge >= 0.3 is 0 Å². The SMILES string of the molecule is O=C(NCC1C2CC3CC(C2)CC1C3)[C@H]1CCCN(c2cccc3c2C(=O)N([C@H]2CCS(=O)(=O)C2)C3=O)C1. The first-order valence-electron chi connectivity index (χ1n) is 14.5. The maximum Gasteiger partial charge on any atom is 0.263 e. The molecule has 0 spiro atoms. The Morgan fingerprint density at radius 2 is 1.71 bits per heavy atom. The highest BCUT2D eigenvalue weighted by Gasteiger charge is 2.48. The highest BCUT2D eigenvalue weighted by molar-refractivity contribution is 7.91. The minimum Gasteiger partial charge on any atom is -0.370 e. The van der Waals surface area contributed by atoms with E-state index in [2.05, 4.69) is 10.2 Å². The van der Waals surface area contributed by atoms with Crippen LogP contribution in [0.3, 0.4) is 0 Å². The Hall–Kier alpha value is -2.42. The van der Waals surface area contributed by atoms with Gasteiger partial charge in [0.15, 0.2) is 9.84 Å². The van der Waals surface area contributed by atoms with E-state index in [1.165, 1.54) is 32.1 Å². The number of benzene rings is 1. The van der Waals surface area contributed by atoms with Crippen LogP contribution in [0.25, 0.3) is 0 Å². The summed E-state index contributed by atoms with van der Waals surface area (Å²) in [6, 6.07) is 4.69. The molecule has 2 saturated heterocycles. The van der Waals surface area contributed by atoms with Gasteiger partial charge in [0.05, 0.1) is 40.3 Å². The summed E-state index contributed by atoms with van der Waals surface area (Å²) in [6.07, 6.45) is 8.77. The van der Waals surface area contributed by atoms with Crippen molar-refractivity contribution in [2.75, 3.05) is 36.0 Å². The Morgan fingerprint density at radius 3 is 2.39 bits per heavy atom. The van der Waals surface area contributed by atoms with E-state index >= 15 is 0 Å². The number of rotatable bonds is 5. The van der Waals surface area contributed by atoms with Crippen LogP contribution in [0.5, 0.6) is 0 Å². The molecule has 8 rings (SSSR count). The van der Waals surface area contributed by atoms with E-state index in [0.717, 1.165) is 54.5 Å². The molecule has 0 aromatic heterocycles. The number of imide groups is 1. The van der Waals surface area contributed by atoms with E-state index in [9.17, 15) is 22.8 Å². The zero-order valence-corrected chi connectivity index (χ0v) is 22.6. The van der Waals surface area contributed by atoms with Crippen LogP contribution >= 0.6 is 0 Å². The van der Waals surface area contributed by atoms with E-state index < -0.39 is 27.7 Å². The molecule has 6 fully saturated rings. The van der Waals surface area contributed by atoms with Gasteiger partial charge in [-0.2, -0.15) is 0 Å². The molecule has 7 aliphatic rings. The van der Waals surface area contributed by atoms with Crippen molar-refractivity contribution in [3.05, 3.63) is 29.3 Å². The average Bonchev–Trinajstić information content (AvgIpc) is 3.38. The van der Waals surface area contributed by atoms with Gasteiger partial charge in [0.1, 0.15) is 0 Å². The highest BCUT2D eigenvalue weighted by Crippen LogP contribution is 2.56. The van der Waals surface area contributed by atoms with Crippen LogP contribution in [-0.2, 0) is 14.6 Å². The van der Waals surface area contributed by atoms with Gasteiger partial charge in [0.25, 0.3) is 11.8 Å². The second-order valence-electron chi connectivity index (χ2n) is 12.9. The summed E-state index contributed by atoms with van der Waals surface area (Å²) in [5.74, 6) is 3.01. The zero-order valence-electron chi connectivity index (χ0n) is 21.8. The summed E-state index contributed by atoms with van der Waals surface area (Å²) >= 11 is 0. The highest BCUT2D eigenvalue weighted by atomic mass is 32.2. The smallest absolute Gasteiger partial charge is 0.263 e. The first kappa shape index (κ1) is 24.6. The molecule has 4 bridgehead atoms. The Labute approximate surface area is 224 Å². The van der Waals surface area contributed by atoms with E-state index in [1.807, 2.05) is 6.07 Å². The molecule has 8 nitrogen and oxygen atoms in total. The van der Waals surface area contributed by atoms with Crippen molar-refractivity contribution in [2.24, 2.45) is 35.5 Å². The first-order valence-corrected chi connectivity index (χ1v) is 16.3. The summed E-state index contributed by atoms with van der Waals surface area (Å²) < 4.78 is 24.1. The molecule has 3 heterocycles. The molecule has 9 heteroatoms. The van der Waals surface area contributed by atoms with Crippen molar-refractivity contribution in [1.82, 2.24) is 10.2 Å². The first-order chi connectivity index (χ1) is 18.3. The number of carbonyl (C=O) groups excluding carboxylic acids is 3. The van der Waals surface area contributed by atoms with Crippen LogP contribution in [0, 0.1) is 35.5 Å². The predicted molar refractivity (Wildman–Crippen MR) is 142 cm³/mol. The summed E-state index contributed by atoms with van der Waals surface area (Å²) in [5.41, 5.74) is 1.38. The molecule has 4 saturated carbocycles. The standard InChI is InChI=1S/C29H37N3O5S/c33-27(30-14-24-20-10-17-9-18(12-20)13-21(24)11-17)19-3-2-7-31(15-19)25-5-1-4-23-26(25)29(35)32(28(23)34)22-6-8-38(36,37)16-22/h1,4-5,17-22,24H,2-3,6-16H2,(H,30,33)/t17?,18?,19-,20?,21?,22-,24?/m0/s1. The number of sulfone groups is 1. The largest absolute Gasteiger partial charge is 0.370 e. The Morgan fingerprint density at radius 1 is 0.974 bits per heavy atom. The number of carbonyl (C=O) groups is 3. The van der Waals surface area contributed by atoms with Crippen molar-refractivity contribution >= 4 is 33.2 Å². The monoisotopic (exact) mass is 539 g/mol. The van der Waals surface area contributed by atoms with Gasteiger partial charge in [-0.3, -0.25) is 19.3 Å². The quantitative estimate of drug-likeness (QED) is 0.577. The molecule has 204 valence electrons. The van der Waals surface area contributed by atoms with Crippen molar-refractivity contribution < 1.29 is 22.8 Å². The number of hydrogen-bond acceptors (Lipinski definition) is 6. The summed E-state index contributed by atoms with van der Waals surface area (Å²) in [4.78, 5) is 43.2. The molecule has 3 amide bonds. The minimum absolute atomic E-state index is 0.00432. The van der Waals surface area contributed by atoms with Crippen LogP contribution in [0.4, 0.5) is 5.69 Å². The van der Waals surface area contributed by atoms with Gasteiger partial charge in [-0.15, -0.1) is 0 Å².